The van der Waals surface area contributed by atoms with Gasteiger partial charge >= 0.3 is 6.09 Å². The number of hydrogen-bond donors (Lipinski definition) is 1. The Morgan fingerprint density at radius 1 is 1.35 bits per heavy atom. The average molecular weight is 339 g/mol. The predicted molar refractivity (Wildman–Crippen MR) is 90.8 cm³/mol. The summed E-state index contributed by atoms with van der Waals surface area (Å²) in [6, 6.07) is 4.78. The van der Waals surface area contributed by atoms with Gasteiger partial charge < -0.3 is 10.1 Å². The van der Waals surface area contributed by atoms with Gasteiger partial charge in [0.25, 0.3) is 0 Å². The van der Waals surface area contributed by atoms with E-state index in [1.807, 2.05) is 27.7 Å². The smallest absolute Gasteiger partial charge is 0.410 e. The Morgan fingerprint density at radius 2 is 2.04 bits per heavy atom. The largest absolute Gasteiger partial charge is 0.444 e. The summed E-state index contributed by atoms with van der Waals surface area (Å²) in [5, 5.41) is 3.50. The highest BCUT2D eigenvalue weighted by molar-refractivity contribution is 6.30. The zero-order valence-electron chi connectivity index (χ0n) is 14.0. The first-order valence-corrected chi connectivity index (χ1v) is 8.12. The molecule has 1 fully saturated rings. The number of ether oxygens (including phenoxy) is 1. The number of aryl methyl sites for hydroxylation is 1. The molecule has 1 aromatic carbocycles. The molecule has 23 heavy (non-hydrogen) atoms. The van der Waals surface area contributed by atoms with E-state index in [0.29, 0.717) is 23.7 Å². The lowest BCUT2D eigenvalue weighted by Crippen LogP contribution is -2.45. The molecule has 1 N–H and O–H groups in total. The molecule has 5 nitrogen and oxygen atoms in total. The SMILES string of the molecule is Cc1cc(Cl)ccc1NC(=O)C1CCCN1C(=O)OC(C)(C)C. The van der Waals surface area contributed by atoms with Gasteiger partial charge in [0.2, 0.25) is 5.91 Å². The van der Waals surface area contributed by atoms with Crippen molar-refractivity contribution in [2.45, 2.75) is 52.2 Å². The summed E-state index contributed by atoms with van der Waals surface area (Å²) < 4.78 is 5.38. The van der Waals surface area contributed by atoms with Crippen LogP contribution in [0.25, 0.3) is 0 Å². The van der Waals surface area contributed by atoms with Crippen LogP contribution >= 0.6 is 11.6 Å². The number of anilines is 1. The number of amides is 2. The van der Waals surface area contributed by atoms with Crippen molar-refractivity contribution >= 4 is 29.3 Å². The number of nitrogens with one attached hydrogen (secondary N) is 1. The molecule has 0 aliphatic carbocycles. The van der Waals surface area contributed by atoms with Crippen LogP contribution in [0.4, 0.5) is 10.5 Å². The lowest BCUT2D eigenvalue weighted by molar-refractivity contribution is -0.120. The van der Waals surface area contributed by atoms with Crippen LogP contribution in [0, 0.1) is 6.92 Å². The normalized spacial score (nSPS) is 18.0. The Labute approximate surface area is 141 Å². The van der Waals surface area contributed by atoms with Gasteiger partial charge in [0.05, 0.1) is 0 Å². The molecule has 1 aromatic rings. The third-order valence-electron chi connectivity index (χ3n) is 3.63. The maximum Gasteiger partial charge on any atom is 0.410 e. The number of hydrogen-bond acceptors (Lipinski definition) is 3. The van der Waals surface area contributed by atoms with Crippen molar-refractivity contribution < 1.29 is 14.3 Å². The summed E-state index contributed by atoms with van der Waals surface area (Å²) in [5.74, 6) is -0.196. The van der Waals surface area contributed by atoms with Crippen LogP contribution in [0.5, 0.6) is 0 Å². The van der Waals surface area contributed by atoms with Crippen LogP contribution in [0.3, 0.4) is 0 Å². The molecule has 0 radical (unpaired) electrons. The lowest BCUT2D eigenvalue weighted by Gasteiger charge is -2.28. The van der Waals surface area contributed by atoms with Gasteiger partial charge in [0, 0.05) is 17.3 Å². The number of likely N-dealkylation sites (tertiary alicyclic amines) is 1. The molecule has 0 aromatic heterocycles. The van der Waals surface area contributed by atoms with E-state index in [9.17, 15) is 9.59 Å². The maximum atomic E-state index is 12.5. The first-order chi connectivity index (χ1) is 10.7. The molecular weight excluding hydrogens is 316 g/mol. The Balaban J connectivity index is 2.07. The van der Waals surface area contributed by atoms with E-state index >= 15 is 0 Å². The molecule has 1 atom stereocenters. The number of benzene rings is 1. The van der Waals surface area contributed by atoms with Gasteiger partial charge in [-0.25, -0.2) is 4.79 Å². The molecule has 2 amide bonds. The monoisotopic (exact) mass is 338 g/mol. The molecule has 6 heteroatoms. The molecule has 0 bridgehead atoms. The van der Waals surface area contributed by atoms with E-state index in [2.05, 4.69) is 5.32 Å². The fourth-order valence-corrected chi connectivity index (χ4v) is 2.79. The summed E-state index contributed by atoms with van der Waals surface area (Å²) in [4.78, 5) is 26.3. The number of halogens is 1. The van der Waals surface area contributed by atoms with Gasteiger partial charge in [-0.3, -0.25) is 9.69 Å². The molecule has 2 rings (SSSR count). The lowest BCUT2D eigenvalue weighted by atomic mass is 10.1. The third-order valence-corrected chi connectivity index (χ3v) is 3.86. The molecule has 1 unspecified atom stereocenters. The second kappa shape index (κ2) is 6.79. The molecule has 1 aliphatic heterocycles. The van der Waals surface area contributed by atoms with Crippen molar-refractivity contribution in [2.75, 3.05) is 11.9 Å². The van der Waals surface area contributed by atoms with Crippen molar-refractivity contribution in [1.82, 2.24) is 4.90 Å². The molecule has 126 valence electrons. The van der Waals surface area contributed by atoms with Gasteiger partial charge in [0.15, 0.2) is 0 Å². The highest BCUT2D eigenvalue weighted by atomic mass is 35.5. The minimum atomic E-state index is -0.576. The summed E-state index contributed by atoms with van der Waals surface area (Å²) in [5.41, 5.74) is 1.01. The van der Waals surface area contributed by atoms with Gasteiger partial charge in [0.1, 0.15) is 11.6 Å². The molecular formula is C17H23ClN2O3. The molecule has 0 spiro atoms. The van der Waals surface area contributed by atoms with Gasteiger partial charge in [-0.05, 0) is 64.3 Å². The minimum absolute atomic E-state index is 0.196. The summed E-state index contributed by atoms with van der Waals surface area (Å²) in [6.45, 7) is 7.85. The molecule has 0 saturated carbocycles. The minimum Gasteiger partial charge on any atom is -0.444 e. The molecule has 1 heterocycles. The van der Waals surface area contributed by atoms with Crippen LogP contribution in [-0.2, 0) is 9.53 Å². The average Bonchev–Trinajstić information content (AvgIpc) is 2.89. The standard InChI is InChI=1S/C17H23ClN2O3/c1-11-10-12(18)7-8-13(11)19-15(21)14-6-5-9-20(14)16(22)23-17(2,3)4/h7-8,10,14H,5-6,9H2,1-4H3,(H,19,21). The van der Waals surface area contributed by atoms with Crippen molar-refractivity contribution in [3.8, 4) is 0 Å². The maximum absolute atomic E-state index is 12.5. The number of nitrogens with zero attached hydrogens (tertiary/aromatic N) is 1. The third kappa shape index (κ3) is 4.61. The van der Waals surface area contributed by atoms with Crippen LogP contribution in [-0.4, -0.2) is 35.1 Å². The quantitative estimate of drug-likeness (QED) is 0.887. The van der Waals surface area contributed by atoms with E-state index in [1.54, 1.807) is 18.2 Å². The second-order valence-electron chi connectivity index (χ2n) is 6.78. The number of rotatable bonds is 2. The Bertz CT molecular complexity index is 610. The Morgan fingerprint density at radius 3 is 2.65 bits per heavy atom. The fraction of sp³-hybridized carbons (Fsp3) is 0.529. The first-order valence-electron chi connectivity index (χ1n) is 7.74. The van der Waals surface area contributed by atoms with Gasteiger partial charge in [-0.2, -0.15) is 0 Å². The molecule has 1 aliphatic rings. The summed E-state index contributed by atoms with van der Waals surface area (Å²) in [7, 11) is 0. The van der Waals surface area contributed by atoms with Gasteiger partial charge in [-0.1, -0.05) is 11.6 Å². The summed E-state index contributed by atoms with van der Waals surface area (Å²) in [6.07, 6.45) is 0.984. The number of carbonyl (C=O) groups is 2. The van der Waals surface area contributed by atoms with Crippen molar-refractivity contribution in [1.29, 1.82) is 0 Å². The van der Waals surface area contributed by atoms with Crippen LogP contribution < -0.4 is 5.32 Å². The van der Waals surface area contributed by atoms with Gasteiger partial charge in [-0.15, -0.1) is 0 Å². The summed E-state index contributed by atoms with van der Waals surface area (Å²) >= 11 is 5.92. The van der Waals surface area contributed by atoms with E-state index in [0.717, 1.165) is 12.0 Å². The zero-order chi connectivity index (χ0) is 17.2. The highest BCUT2D eigenvalue weighted by Crippen LogP contribution is 2.24. The fourth-order valence-electron chi connectivity index (χ4n) is 2.56. The Kier molecular flexibility index (Phi) is 5.19. The van der Waals surface area contributed by atoms with Crippen LogP contribution in [0.2, 0.25) is 5.02 Å². The first kappa shape index (κ1) is 17.6. The highest BCUT2D eigenvalue weighted by Gasteiger charge is 2.36. The van der Waals surface area contributed by atoms with E-state index in [-0.39, 0.29) is 5.91 Å². The Hall–Kier alpha value is -1.75. The van der Waals surface area contributed by atoms with E-state index in [1.165, 1.54) is 4.90 Å². The van der Waals surface area contributed by atoms with E-state index < -0.39 is 17.7 Å². The van der Waals surface area contributed by atoms with Crippen molar-refractivity contribution in [3.63, 3.8) is 0 Å². The van der Waals surface area contributed by atoms with Crippen molar-refractivity contribution in [2.24, 2.45) is 0 Å². The molecule has 1 saturated heterocycles. The predicted octanol–water partition coefficient (Wildman–Crippen LogP) is 3.99. The van der Waals surface area contributed by atoms with Crippen LogP contribution in [0.15, 0.2) is 18.2 Å². The number of carbonyl (C=O) groups excluding carboxylic acids is 2. The van der Waals surface area contributed by atoms with Crippen LogP contribution in [0.1, 0.15) is 39.2 Å². The van der Waals surface area contributed by atoms with E-state index in [4.69, 9.17) is 16.3 Å². The zero-order valence-corrected chi connectivity index (χ0v) is 14.7. The topological polar surface area (TPSA) is 58.6 Å². The second-order valence-corrected chi connectivity index (χ2v) is 7.22. The van der Waals surface area contributed by atoms with Crippen molar-refractivity contribution in [3.05, 3.63) is 28.8 Å².